The van der Waals surface area contributed by atoms with Crippen molar-refractivity contribution in [2.75, 3.05) is 5.73 Å². The molecule has 3 heteroatoms. The summed E-state index contributed by atoms with van der Waals surface area (Å²) < 4.78 is 1.71. The summed E-state index contributed by atoms with van der Waals surface area (Å²) in [4.78, 5) is 0. The maximum absolute atomic E-state index is 5.60. The van der Waals surface area contributed by atoms with Crippen LogP contribution in [0, 0.1) is 6.92 Å². The molecule has 0 unspecified atom stereocenters. The zero-order chi connectivity index (χ0) is 6.85. The van der Waals surface area contributed by atoms with Crippen LogP contribution in [0.1, 0.15) is 5.56 Å². The summed E-state index contributed by atoms with van der Waals surface area (Å²) in [5.74, 6) is 0.748. The van der Waals surface area contributed by atoms with Gasteiger partial charge in [-0.05, 0) is 19.1 Å². The van der Waals surface area contributed by atoms with Crippen LogP contribution in [0.2, 0.25) is 0 Å². The van der Waals surface area contributed by atoms with E-state index in [1.165, 1.54) is 0 Å². The molecule has 0 fully saturated rings. The molecule has 0 amide bonds. The molecule has 0 atom stereocenters. The molecule has 1 aromatic rings. The summed E-state index contributed by atoms with van der Waals surface area (Å²) in [5, 5.41) is 0. The summed E-state index contributed by atoms with van der Waals surface area (Å²) >= 11 is 3.24. The Morgan fingerprint density at radius 2 is 2.33 bits per heavy atom. The third kappa shape index (κ3) is 1.21. The topological polar surface area (TPSA) is 29.9 Å². The van der Waals surface area contributed by atoms with Crippen molar-refractivity contribution in [2.24, 2.45) is 0 Å². The zero-order valence-electron chi connectivity index (χ0n) is 5.13. The Balaban J connectivity index is 3.25. The third-order valence-electron chi connectivity index (χ3n) is 1.20. The first-order chi connectivity index (χ1) is 4.22. The van der Waals surface area contributed by atoms with Gasteiger partial charge < -0.3 is 0 Å². The number of hydrogen-bond donors (Lipinski definition) is 1. The third-order valence-corrected chi connectivity index (χ3v) is 1.82. The van der Waals surface area contributed by atoms with Gasteiger partial charge in [0.25, 0.3) is 5.82 Å². The molecule has 0 spiro atoms. The maximum Gasteiger partial charge on any atom is 0.286 e. The van der Waals surface area contributed by atoms with Gasteiger partial charge in [0.15, 0.2) is 16.1 Å². The summed E-state index contributed by atoms with van der Waals surface area (Å²) in [6, 6.07) is 3.90. The molecule has 1 rings (SSSR count). The number of nitrogens with zero attached hydrogens (tertiary/aromatic N) is 1. The van der Waals surface area contributed by atoms with E-state index in [4.69, 9.17) is 5.73 Å². The second-order valence-corrected chi connectivity index (χ2v) is 2.65. The standard InChI is InChI=1S/C6H7BrN2/c1-5-3-2-4-9(7)6(5)8/h2-4,8H,1H3/p+1. The van der Waals surface area contributed by atoms with Crippen molar-refractivity contribution < 1.29 is 3.59 Å². The molecule has 2 N–H and O–H groups in total. The smallest absolute Gasteiger partial charge is 0.286 e. The molecule has 0 aliphatic carbocycles. The van der Waals surface area contributed by atoms with E-state index in [0.717, 1.165) is 11.4 Å². The minimum Gasteiger partial charge on any atom is -0.286 e. The van der Waals surface area contributed by atoms with Gasteiger partial charge in [0.2, 0.25) is 0 Å². The lowest BCUT2D eigenvalue weighted by molar-refractivity contribution is -0.457. The van der Waals surface area contributed by atoms with Crippen molar-refractivity contribution >= 4 is 22.0 Å². The van der Waals surface area contributed by atoms with Gasteiger partial charge in [-0.1, -0.05) is 0 Å². The summed E-state index contributed by atoms with van der Waals surface area (Å²) in [6.07, 6.45) is 1.85. The SMILES string of the molecule is Cc1ccc[n+](Br)c1N. The Morgan fingerprint density at radius 1 is 1.67 bits per heavy atom. The van der Waals surface area contributed by atoms with E-state index in [1.54, 1.807) is 3.59 Å². The number of rotatable bonds is 0. The summed E-state index contributed by atoms with van der Waals surface area (Å²) in [7, 11) is 0. The molecule has 1 heterocycles. The first-order valence-electron chi connectivity index (χ1n) is 2.64. The summed E-state index contributed by atoms with van der Waals surface area (Å²) in [6.45, 7) is 1.97. The molecule has 0 bridgehead atoms. The highest BCUT2D eigenvalue weighted by Gasteiger charge is 2.01. The number of pyridine rings is 1. The van der Waals surface area contributed by atoms with Crippen molar-refractivity contribution in [3.63, 3.8) is 0 Å². The molecule has 1 aromatic heterocycles. The van der Waals surface area contributed by atoms with Crippen LogP contribution in [-0.2, 0) is 0 Å². The maximum atomic E-state index is 5.60. The van der Waals surface area contributed by atoms with Gasteiger partial charge in [-0.2, -0.15) is 3.59 Å². The van der Waals surface area contributed by atoms with Crippen LogP contribution in [0.15, 0.2) is 18.3 Å². The van der Waals surface area contributed by atoms with Crippen LogP contribution < -0.4 is 9.33 Å². The lowest BCUT2D eigenvalue weighted by Crippen LogP contribution is -2.24. The molecule has 0 saturated heterocycles. The average molecular weight is 188 g/mol. The molecule has 48 valence electrons. The number of aromatic nitrogens is 1. The fourth-order valence-electron chi connectivity index (χ4n) is 0.597. The minimum atomic E-state index is 0.748. The van der Waals surface area contributed by atoms with Crippen molar-refractivity contribution in [1.29, 1.82) is 0 Å². The number of halogens is 1. The zero-order valence-corrected chi connectivity index (χ0v) is 6.72. The molecule has 0 aliphatic heterocycles. The molecule has 0 saturated carbocycles. The molecular formula is C6H8BrN2+. The van der Waals surface area contributed by atoms with E-state index in [1.807, 2.05) is 25.3 Å². The monoisotopic (exact) mass is 187 g/mol. The van der Waals surface area contributed by atoms with Crippen LogP contribution in [0.5, 0.6) is 0 Å². The van der Waals surface area contributed by atoms with E-state index in [0.29, 0.717) is 0 Å². The van der Waals surface area contributed by atoms with Crippen molar-refractivity contribution in [2.45, 2.75) is 6.92 Å². The number of nitrogens with two attached hydrogens (primary N) is 1. The second kappa shape index (κ2) is 2.35. The Hall–Kier alpha value is -0.570. The highest BCUT2D eigenvalue weighted by Crippen LogP contribution is 2.02. The molecule has 0 radical (unpaired) electrons. The Bertz CT molecular complexity index is 202. The largest absolute Gasteiger partial charge is 0.286 e. The molecule has 0 aliphatic rings. The predicted molar refractivity (Wildman–Crippen MR) is 40.1 cm³/mol. The number of anilines is 1. The van der Waals surface area contributed by atoms with Gasteiger partial charge in [0.1, 0.15) is 6.20 Å². The lowest BCUT2D eigenvalue weighted by atomic mass is 10.3. The fraction of sp³-hybridized carbons (Fsp3) is 0.167. The van der Waals surface area contributed by atoms with Crippen LogP contribution in [-0.4, -0.2) is 0 Å². The quantitative estimate of drug-likeness (QED) is 0.647. The van der Waals surface area contributed by atoms with E-state index in [-0.39, 0.29) is 0 Å². The van der Waals surface area contributed by atoms with E-state index in [2.05, 4.69) is 16.1 Å². The van der Waals surface area contributed by atoms with Crippen molar-refractivity contribution in [3.8, 4) is 0 Å². The minimum absolute atomic E-state index is 0.748. The highest BCUT2D eigenvalue weighted by atomic mass is 79.9. The Morgan fingerprint density at radius 3 is 2.78 bits per heavy atom. The van der Waals surface area contributed by atoms with E-state index >= 15 is 0 Å². The number of hydrogen-bond acceptors (Lipinski definition) is 1. The van der Waals surface area contributed by atoms with E-state index < -0.39 is 0 Å². The first kappa shape index (κ1) is 6.55. The Kier molecular flexibility index (Phi) is 1.71. The lowest BCUT2D eigenvalue weighted by Gasteiger charge is -1.93. The van der Waals surface area contributed by atoms with Gasteiger partial charge in [-0.15, -0.1) is 0 Å². The van der Waals surface area contributed by atoms with Crippen LogP contribution in [0.3, 0.4) is 0 Å². The van der Waals surface area contributed by atoms with Crippen LogP contribution in [0.4, 0.5) is 5.82 Å². The van der Waals surface area contributed by atoms with Crippen molar-refractivity contribution in [1.82, 2.24) is 0 Å². The van der Waals surface area contributed by atoms with E-state index in [9.17, 15) is 0 Å². The molecular weight excluding hydrogens is 180 g/mol. The van der Waals surface area contributed by atoms with Crippen LogP contribution in [0.25, 0.3) is 0 Å². The van der Waals surface area contributed by atoms with Gasteiger partial charge >= 0.3 is 0 Å². The number of nitrogen functional groups attached to an aromatic ring is 1. The molecule has 2 nitrogen and oxygen atoms in total. The normalized spacial score (nSPS) is 9.56. The van der Waals surface area contributed by atoms with Crippen molar-refractivity contribution in [3.05, 3.63) is 23.9 Å². The van der Waals surface area contributed by atoms with Crippen LogP contribution >= 0.6 is 16.1 Å². The second-order valence-electron chi connectivity index (χ2n) is 1.89. The number of aryl methyl sites for hydroxylation is 1. The summed E-state index contributed by atoms with van der Waals surface area (Å²) in [5.41, 5.74) is 6.68. The van der Waals surface area contributed by atoms with Gasteiger partial charge in [-0.3, -0.25) is 5.73 Å². The van der Waals surface area contributed by atoms with Gasteiger partial charge in [-0.25, -0.2) is 0 Å². The van der Waals surface area contributed by atoms with Gasteiger partial charge in [0, 0.05) is 5.56 Å². The van der Waals surface area contributed by atoms with Gasteiger partial charge in [0.05, 0.1) is 0 Å². The highest BCUT2D eigenvalue weighted by molar-refractivity contribution is 9.04. The average Bonchev–Trinajstić information content (AvgIpc) is 1.83. The fourth-order valence-corrected chi connectivity index (χ4v) is 1.01. The predicted octanol–water partition coefficient (Wildman–Crippen LogP) is 1.02. The molecule has 0 aromatic carbocycles. The molecule has 9 heavy (non-hydrogen) atoms. The first-order valence-corrected chi connectivity index (χ1v) is 3.35. The Labute approximate surface area is 62.6 Å².